The zero-order valence-electron chi connectivity index (χ0n) is 11.0. The van der Waals surface area contributed by atoms with Crippen molar-refractivity contribution in [2.24, 2.45) is 0 Å². The highest BCUT2D eigenvalue weighted by Crippen LogP contribution is 2.09. The van der Waals surface area contributed by atoms with Crippen molar-refractivity contribution in [1.82, 2.24) is 30.9 Å². The summed E-state index contributed by atoms with van der Waals surface area (Å²) in [7, 11) is 0. The van der Waals surface area contributed by atoms with Gasteiger partial charge in [0, 0.05) is 19.6 Å². The molecule has 2 amide bonds. The molecular weight excluding hydrogens is 248 g/mol. The molecule has 1 saturated heterocycles. The third-order valence-corrected chi connectivity index (χ3v) is 2.97. The van der Waals surface area contributed by atoms with Gasteiger partial charge < -0.3 is 16.0 Å². The summed E-state index contributed by atoms with van der Waals surface area (Å²) >= 11 is 0. The van der Waals surface area contributed by atoms with Gasteiger partial charge in [-0.2, -0.15) is 0 Å². The second-order valence-electron chi connectivity index (χ2n) is 4.49. The van der Waals surface area contributed by atoms with Gasteiger partial charge in [0.15, 0.2) is 5.69 Å². The zero-order valence-corrected chi connectivity index (χ0v) is 11.0. The lowest BCUT2D eigenvalue weighted by Crippen LogP contribution is -2.45. The molecule has 19 heavy (non-hydrogen) atoms. The minimum atomic E-state index is -0.594. The molecule has 1 aliphatic rings. The highest BCUT2D eigenvalue weighted by molar-refractivity contribution is 5.95. The van der Waals surface area contributed by atoms with E-state index in [0.717, 1.165) is 13.1 Å². The highest BCUT2D eigenvalue weighted by atomic mass is 16.2. The molecule has 0 spiro atoms. The topological polar surface area (TPSA) is 101 Å². The Morgan fingerprint density at radius 3 is 2.89 bits per heavy atom. The summed E-state index contributed by atoms with van der Waals surface area (Å²) in [5.74, 6) is -0.608. The lowest BCUT2D eigenvalue weighted by atomic mass is 10.2. The first-order chi connectivity index (χ1) is 9.11. The molecule has 1 aromatic heterocycles. The predicted octanol–water partition coefficient (Wildman–Crippen LogP) is -1.32. The maximum absolute atomic E-state index is 11.9. The van der Waals surface area contributed by atoms with Crippen molar-refractivity contribution in [1.29, 1.82) is 0 Å². The van der Waals surface area contributed by atoms with Gasteiger partial charge in [-0.25, -0.2) is 4.68 Å². The molecule has 8 nitrogen and oxygen atoms in total. The largest absolute Gasteiger partial charge is 0.355 e. The monoisotopic (exact) mass is 266 g/mol. The summed E-state index contributed by atoms with van der Waals surface area (Å²) in [6.45, 7) is 5.65. The van der Waals surface area contributed by atoms with Gasteiger partial charge in [0.2, 0.25) is 5.91 Å². The Kier molecular flexibility index (Phi) is 4.10. The zero-order chi connectivity index (χ0) is 13.8. The summed E-state index contributed by atoms with van der Waals surface area (Å²) in [6.07, 6.45) is 1.60. The number of aromatic nitrogens is 3. The molecule has 0 radical (unpaired) electrons. The van der Waals surface area contributed by atoms with E-state index in [9.17, 15) is 9.59 Å². The van der Waals surface area contributed by atoms with Gasteiger partial charge in [0.1, 0.15) is 6.04 Å². The number of likely N-dealkylation sites (N-methyl/N-ethyl adjacent to an activating group) is 1. The number of hydrogen-bond acceptors (Lipinski definition) is 5. The average Bonchev–Trinajstić information content (AvgIpc) is 2.76. The molecule has 1 unspecified atom stereocenters. The van der Waals surface area contributed by atoms with Crippen LogP contribution in [0.1, 0.15) is 30.4 Å². The fraction of sp³-hybridized carbons (Fsp3) is 0.636. The SMILES string of the molecule is CCNC(=O)C(C)NC(=O)c1cn(C2CNC2)nn1. The first-order valence-corrected chi connectivity index (χ1v) is 6.33. The van der Waals surface area contributed by atoms with Crippen LogP contribution in [0.15, 0.2) is 6.20 Å². The van der Waals surface area contributed by atoms with E-state index in [1.54, 1.807) is 17.8 Å². The minimum absolute atomic E-state index is 0.216. The van der Waals surface area contributed by atoms with Crippen molar-refractivity contribution in [2.75, 3.05) is 19.6 Å². The molecule has 0 aliphatic carbocycles. The fourth-order valence-electron chi connectivity index (χ4n) is 1.68. The summed E-state index contributed by atoms with van der Waals surface area (Å²) in [6, 6.07) is -0.335. The lowest BCUT2D eigenvalue weighted by Gasteiger charge is -2.26. The van der Waals surface area contributed by atoms with Crippen LogP contribution in [0.2, 0.25) is 0 Å². The summed E-state index contributed by atoms with van der Waals surface area (Å²) in [5, 5.41) is 16.1. The highest BCUT2D eigenvalue weighted by Gasteiger charge is 2.23. The van der Waals surface area contributed by atoms with E-state index in [1.165, 1.54) is 0 Å². The van der Waals surface area contributed by atoms with Gasteiger partial charge in [-0.15, -0.1) is 5.10 Å². The molecule has 0 bridgehead atoms. The summed E-state index contributed by atoms with van der Waals surface area (Å²) in [5.41, 5.74) is 0.225. The Labute approximate surface area is 110 Å². The smallest absolute Gasteiger partial charge is 0.274 e. The number of carbonyl (C=O) groups is 2. The van der Waals surface area contributed by atoms with Crippen molar-refractivity contribution in [3.8, 4) is 0 Å². The first-order valence-electron chi connectivity index (χ1n) is 6.33. The molecule has 1 fully saturated rings. The van der Waals surface area contributed by atoms with Crippen LogP contribution in [0.3, 0.4) is 0 Å². The maximum Gasteiger partial charge on any atom is 0.274 e. The molecule has 1 aliphatic heterocycles. The molecule has 3 N–H and O–H groups in total. The van der Waals surface area contributed by atoms with Gasteiger partial charge in [-0.1, -0.05) is 5.21 Å². The normalized spacial score (nSPS) is 16.5. The van der Waals surface area contributed by atoms with Crippen LogP contribution in [0, 0.1) is 0 Å². The van der Waals surface area contributed by atoms with Gasteiger partial charge >= 0.3 is 0 Å². The van der Waals surface area contributed by atoms with Crippen LogP contribution in [0.25, 0.3) is 0 Å². The van der Waals surface area contributed by atoms with Crippen molar-refractivity contribution >= 4 is 11.8 Å². The Morgan fingerprint density at radius 2 is 2.32 bits per heavy atom. The quantitative estimate of drug-likeness (QED) is 0.613. The van der Waals surface area contributed by atoms with Gasteiger partial charge in [0.05, 0.1) is 12.2 Å². The van der Waals surface area contributed by atoms with Crippen molar-refractivity contribution < 1.29 is 9.59 Å². The average molecular weight is 266 g/mol. The standard InChI is InChI=1S/C11H18N6O2/c1-3-13-10(18)7(2)14-11(19)9-6-17(16-15-9)8-4-12-5-8/h6-8,12H,3-5H2,1-2H3,(H,13,18)(H,14,19). The van der Waals surface area contributed by atoms with Crippen LogP contribution in [0.5, 0.6) is 0 Å². The molecule has 8 heteroatoms. The van der Waals surface area contributed by atoms with Crippen molar-refractivity contribution in [3.63, 3.8) is 0 Å². The van der Waals surface area contributed by atoms with E-state index in [0.29, 0.717) is 6.54 Å². The Balaban J connectivity index is 1.92. The second-order valence-corrected chi connectivity index (χ2v) is 4.49. The summed E-state index contributed by atoms with van der Waals surface area (Å²) in [4.78, 5) is 23.4. The van der Waals surface area contributed by atoms with Crippen LogP contribution in [0.4, 0.5) is 0 Å². The van der Waals surface area contributed by atoms with E-state index in [1.807, 2.05) is 6.92 Å². The second kappa shape index (κ2) is 5.79. The molecule has 2 heterocycles. The summed E-state index contributed by atoms with van der Waals surface area (Å²) < 4.78 is 1.67. The number of carbonyl (C=O) groups excluding carboxylic acids is 2. The van der Waals surface area contributed by atoms with Crippen molar-refractivity contribution in [3.05, 3.63) is 11.9 Å². The van der Waals surface area contributed by atoms with E-state index in [2.05, 4.69) is 26.3 Å². The van der Waals surface area contributed by atoms with Gasteiger partial charge in [0.25, 0.3) is 5.91 Å². The fourth-order valence-corrected chi connectivity index (χ4v) is 1.68. The number of amides is 2. The minimum Gasteiger partial charge on any atom is -0.355 e. The van der Waals surface area contributed by atoms with Crippen LogP contribution in [-0.2, 0) is 4.79 Å². The molecular formula is C11H18N6O2. The molecule has 0 aromatic carbocycles. The van der Waals surface area contributed by atoms with E-state index in [4.69, 9.17) is 0 Å². The number of nitrogens with one attached hydrogen (secondary N) is 3. The van der Waals surface area contributed by atoms with Crippen LogP contribution < -0.4 is 16.0 Å². The van der Waals surface area contributed by atoms with Crippen LogP contribution in [-0.4, -0.2) is 52.5 Å². The molecule has 2 rings (SSSR count). The Hall–Kier alpha value is -1.96. The maximum atomic E-state index is 11.9. The lowest BCUT2D eigenvalue weighted by molar-refractivity contribution is -0.122. The predicted molar refractivity (Wildman–Crippen MR) is 67.5 cm³/mol. The molecule has 1 aromatic rings. The van der Waals surface area contributed by atoms with Gasteiger partial charge in [-0.05, 0) is 13.8 Å². The third-order valence-electron chi connectivity index (χ3n) is 2.97. The van der Waals surface area contributed by atoms with Crippen molar-refractivity contribution in [2.45, 2.75) is 25.9 Å². The van der Waals surface area contributed by atoms with E-state index >= 15 is 0 Å². The third kappa shape index (κ3) is 3.08. The Morgan fingerprint density at radius 1 is 1.58 bits per heavy atom. The number of hydrogen-bond donors (Lipinski definition) is 3. The van der Waals surface area contributed by atoms with E-state index < -0.39 is 11.9 Å². The Bertz CT molecular complexity index is 468. The number of nitrogens with zero attached hydrogens (tertiary/aromatic N) is 3. The molecule has 0 saturated carbocycles. The van der Waals surface area contributed by atoms with E-state index in [-0.39, 0.29) is 17.6 Å². The molecule has 1 atom stereocenters. The number of rotatable bonds is 5. The first kappa shape index (κ1) is 13.5. The van der Waals surface area contributed by atoms with Gasteiger partial charge in [-0.3, -0.25) is 9.59 Å². The van der Waals surface area contributed by atoms with Crippen LogP contribution >= 0.6 is 0 Å². The molecule has 104 valence electrons.